The molecule has 4 rings (SSSR count). The number of aromatic nitrogens is 3. The third kappa shape index (κ3) is 4.53. The molecule has 1 amide bonds. The second-order valence-corrected chi connectivity index (χ2v) is 7.32. The van der Waals surface area contributed by atoms with Crippen LogP contribution in [0.4, 0.5) is 4.39 Å². The van der Waals surface area contributed by atoms with Crippen LogP contribution in [0.2, 0.25) is 0 Å². The van der Waals surface area contributed by atoms with Gasteiger partial charge in [-0.2, -0.15) is 0 Å². The zero-order chi connectivity index (χ0) is 22.5. The molecule has 0 radical (unpaired) electrons. The number of carbonyl (C=O) groups is 1. The van der Waals surface area contributed by atoms with E-state index in [-0.39, 0.29) is 11.7 Å². The maximum absolute atomic E-state index is 13.4. The third-order valence-electron chi connectivity index (χ3n) is 5.16. The Kier molecular flexibility index (Phi) is 6.28. The fourth-order valence-electron chi connectivity index (χ4n) is 3.55. The Hall–Kier alpha value is -3.97. The predicted octanol–water partition coefficient (Wildman–Crippen LogP) is 4.68. The summed E-state index contributed by atoms with van der Waals surface area (Å²) < 4.78 is 18.7. The van der Waals surface area contributed by atoms with Gasteiger partial charge in [-0.25, -0.2) is 4.39 Å². The van der Waals surface area contributed by atoms with Crippen molar-refractivity contribution in [1.29, 1.82) is 0 Å². The van der Waals surface area contributed by atoms with Gasteiger partial charge in [-0.05, 0) is 41.0 Å². The summed E-state index contributed by atoms with van der Waals surface area (Å²) in [4.78, 5) is 22.9. The van der Waals surface area contributed by atoms with Gasteiger partial charge in [0, 0.05) is 60.8 Å². The van der Waals surface area contributed by atoms with E-state index in [0.29, 0.717) is 18.8 Å². The molecule has 0 saturated carbocycles. The summed E-state index contributed by atoms with van der Waals surface area (Å²) in [5, 5.41) is 2.87. The number of rotatable bonds is 8. The van der Waals surface area contributed by atoms with Crippen molar-refractivity contribution in [3.8, 4) is 11.1 Å². The van der Waals surface area contributed by atoms with Crippen molar-refractivity contribution < 1.29 is 13.9 Å². The average Bonchev–Trinajstić information content (AvgIpc) is 3.47. The molecule has 1 aromatic carbocycles. The van der Waals surface area contributed by atoms with Crippen molar-refractivity contribution in [2.45, 2.75) is 13.2 Å². The van der Waals surface area contributed by atoms with E-state index in [1.54, 1.807) is 43.9 Å². The number of nitrogens with zero attached hydrogens (tertiary/aromatic N) is 1. The number of amides is 1. The van der Waals surface area contributed by atoms with E-state index in [9.17, 15) is 9.18 Å². The minimum absolute atomic E-state index is 0.224. The highest BCUT2D eigenvalue weighted by atomic mass is 19.1. The van der Waals surface area contributed by atoms with Crippen LogP contribution in [0, 0.1) is 5.82 Å². The number of H-pyrrole nitrogens is 2. The zero-order valence-corrected chi connectivity index (χ0v) is 17.6. The quantitative estimate of drug-likeness (QED) is 0.380. The van der Waals surface area contributed by atoms with Crippen LogP contribution in [0.15, 0.2) is 73.8 Å². The smallest absolute Gasteiger partial charge is 0.267 e. The lowest BCUT2D eigenvalue weighted by atomic mass is 9.94. The van der Waals surface area contributed by atoms with Crippen molar-refractivity contribution in [3.05, 3.63) is 108 Å². The largest absolute Gasteiger partial charge is 0.378 e. The Morgan fingerprint density at radius 1 is 1.19 bits per heavy atom. The molecule has 6 nitrogen and oxygen atoms in total. The van der Waals surface area contributed by atoms with E-state index >= 15 is 0 Å². The number of benzene rings is 1. The lowest BCUT2D eigenvalue weighted by Crippen LogP contribution is -2.23. The van der Waals surface area contributed by atoms with Crippen LogP contribution in [-0.4, -0.2) is 28.0 Å². The second-order valence-electron chi connectivity index (χ2n) is 7.32. The number of hydrogen-bond acceptors (Lipinski definition) is 3. The summed E-state index contributed by atoms with van der Waals surface area (Å²) in [7, 11) is 1.62. The van der Waals surface area contributed by atoms with E-state index < -0.39 is 0 Å². The fraction of sp³-hybridized carbons (Fsp3) is 0.120. The highest BCUT2D eigenvalue weighted by Crippen LogP contribution is 2.35. The highest BCUT2D eigenvalue weighted by Gasteiger charge is 2.19. The molecular weight excluding hydrogens is 407 g/mol. The first-order valence-electron chi connectivity index (χ1n) is 10.1. The van der Waals surface area contributed by atoms with Gasteiger partial charge in [0.15, 0.2) is 0 Å². The normalized spacial score (nSPS) is 10.8. The lowest BCUT2D eigenvalue weighted by Gasteiger charge is -2.10. The summed E-state index contributed by atoms with van der Waals surface area (Å²) in [6.07, 6.45) is 7.01. The number of aromatic amines is 2. The molecule has 4 aromatic rings. The van der Waals surface area contributed by atoms with Crippen molar-refractivity contribution in [1.82, 2.24) is 20.3 Å². The average molecular weight is 430 g/mol. The van der Waals surface area contributed by atoms with Gasteiger partial charge in [0.2, 0.25) is 0 Å². The maximum Gasteiger partial charge on any atom is 0.267 e. The van der Waals surface area contributed by atoms with Gasteiger partial charge in [0.05, 0.1) is 6.61 Å². The molecule has 3 N–H and O–H groups in total. The topological polar surface area (TPSA) is 82.8 Å². The number of carbonyl (C=O) groups excluding carboxylic acids is 1. The zero-order valence-electron chi connectivity index (χ0n) is 17.6. The van der Waals surface area contributed by atoms with Gasteiger partial charge >= 0.3 is 0 Å². The van der Waals surface area contributed by atoms with Crippen LogP contribution in [-0.2, 0) is 17.9 Å². The van der Waals surface area contributed by atoms with E-state index in [0.717, 1.165) is 39.1 Å². The third-order valence-corrected chi connectivity index (χ3v) is 5.16. The molecular formula is C25H23FN4O2. The van der Waals surface area contributed by atoms with Crippen molar-refractivity contribution in [3.63, 3.8) is 0 Å². The van der Waals surface area contributed by atoms with E-state index in [2.05, 4.69) is 26.8 Å². The number of methoxy groups -OCH3 is 1. The number of pyridine rings is 1. The minimum atomic E-state index is -0.297. The van der Waals surface area contributed by atoms with Crippen molar-refractivity contribution in [2.24, 2.45) is 0 Å². The fourth-order valence-corrected chi connectivity index (χ4v) is 3.55. The van der Waals surface area contributed by atoms with Gasteiger partial charge in [0.25, 0.3) is 5.91 Å². The molecule has 0 unspecified atom stereocenters. The van der Waals surface area contributed by atoms with Crippen LogP contribution in [0.25, 0.3) is 16.7 Å². The minimum Gasteiger partial charge on any atom is -0.378 e. The Morgan fingerprint density at radius 2 is 2.00 bits per heavy atom. The van der Waals surface area contributed by atoms with E-state index in [1.807, 2.05) is 18.3 Å². The Balaban J connectivity index is 1.58. The first-order valence-corrected chi connectivity index (χ1v) is 10.1. The molecule has 0 aliphatic heterocycles. The van der Waals surface area contributed by atoms with Crippen molar-refractivity contribution in [2.75, 3.05) is 7.11 Å². The standard InChI is InChI=1S/C25H23FN4O2/c1-16(19-10-22(28-13-19)25(31)30-12-17-4-3-9-27-11-17)24-21(14-29-23(24)15-32-2)18-5-7-20(26)8-6-18/h3-11,13-14,28-29H,1,12,15H2,2H3,(H,30,31). The first-order chi connectivity index (χ1) is 15.6. The van der Waals surface area contributed by atoms with Crippen LogP contribution >= 0.6 is 0 Å². The summed E-state index contributed by atoms with van der Waals surface area (Å²) in [5.74, 6) is -0.521. The van der Waals surface area contributed by atoms with Crippen LogP contribution in [0.3, 0.4) is 0 Å². The molecule has 162 valence electrons. The molecule has 0 bridgehead atoms. The molecule has 32 heavy (non-hydrogen) atoms. The number of nitrogens with one attached hydrogen (secondary N) is 3. The van der Waals surface area contributed by atoms with Gasteiger partial charge in [0.1, 0.15) is 11.5 Å². The lowest BCUT2D eigenvalue weighted by molar-refractivity contribution is 0.0946. The van der Waals surface area contributed by atoms with Crippen LogP contribution in [0.5, 0.6) is 0 Å². The number of hydrogen-bond donors (Lipinski definition) is 3. The monoisotopic (exact) mass is 430 g/mol. The first kappa shape index (κ1) is 21.3. The van der Waals surface area contributed by atoms with Gasteiger partial charge in [-0.1, -0.05) is 24.8 Å². The molecule has 0 spiro atoms. The Labute approximate surface area is 185 Å². The molecule has 3 aromatic heterocycles. The molecule has 3 heterocycles. The molecule has 0 fully saturated rings. The van der Waals surface area contributed by atoms with Crippen LogP contribution in [0.1, 0.15) is 32.9 Å². The maximum atomic E-state index is 13.4. The summed E-state index contributed by atoms with van der Waals surface area (Å²) >= 11 is 0. The predicted molar refractivity (Wildman–Crippen MR) is 121 cm³/mol. The SMILES string of the molecule is C=C(c1c[nH]c(C(=O)NCc2cccnc2)c1)c1c(-c2ccc(F)cc2)c[nH]c1COC. The molecule has 0 saturated heterocycles. The molecule has 0 aliphatic rings. The number of halogens is 1. The van der Waals surface area contributed by atoms with E-state index in [4.69, 9.17) is 4.74 Å². The van der Waals surface area contributed by atoms with Gasteiger partial charge < -0.3 is 20.0 Å². The van der Waals surface area contributed by atoms with Crippen molar-refractivity contribution >= 4 is 11.5 Å². The molecule has 0 atom stereocenters. The summed E-state index contributed by atoms with van der Waals surface area (Å²) in [5.41, 5.74) is 6.28. The second kappa shape index (κ2) is 9.45. The Morgan fingerprint density at radius 3 is 2.72 bits per heavy atom. The molecule has 7 heteroatoms. The van der Waals surface area contributed by atoms with Crippen LogP contribution < -0.4 is 5.32 Å². The highest BCUT2D eigenvalue weighted by molar-refractivity contribution is 5.95. The van der Waals surface area contributed by atoms with Gasteiger partial charge in [-0.3, -0.25) is 9.78 Å². The number of ether oxygens (including phenoxy) is 1. The van der Waals surface area contributed by atoms with E-state index in [1.165, 1.54) is 12.1 Å². The Bertz CT molecular complexity index is 1230. The van der Waals surface area contributed by atoms with Gasteiger partial charge in [-0.15, -0.1) is 0 Å². The summed E-state index contributed by atoms with van der Waals surface area (Å²) in [6.45, 7) is 5.01. The summed E-state index contributed by atoms with van der Waals surface area (Å²) in [6, 6.07) is 11.8. The molecule has 0 aliphatic carbocycles.